The second kappa shape index (κ2) is 4.57. The number of aryl methyl sites for hydroxylation is 1. The van der Waals surface area contributed by atoms with E-state index in [0.29, 0.717) is 18.7 Å². The number of nitrogens with one attached hydrogen (secondary N) is 1. The highest BCUT2D eigenvalue weighted by Gasteiger charge is 2.47. The van der Waals surface area contributed by atoms with Crippen molar-refractivity contribution >= 4 is 11.6 Å². The summed E-state index contributed by atoms with van der Waals surface area (Å²) in [4.78, 5) is 11.7. The van der Waals surface area contributed by atoms with Gasteiger partial charge in [-0.25, -0.2) is 4.39 Å². The zero-order valence-corrected chi connectivity index (χ0v) is 10.5. The maximum absolute atomic E-state index is 13.3. The molecule has 5 heteroatoms. The molecule has 0 radical (unpaired) electrons. The summed E-state index contributed by atoms with van der Waals surface area (Å²) >= 11 is 0. The molecule has 2 rings (SSSR count). The molecule has 0 spiro atoms. The standard InChI is InChI=1S/C13H17FN2O2/c1-8-5-10(14)7-11(6-8)16-13(12(15)17)3-4-18-9(13)2/h5-7,9,16H,3-4H2,1-2H3,(H2,15,17). The van der Waals surface area contributed by atoms with Crippen LogP contribution >= 0.6 is 0 Å². The fourth-order valence-corrected chi connectivity index (χ4v) is 2.36. The Morgan fingerprint density at radius 2 is 2.28 bits per heavy atom. The first-order chi connectivity index (χ1) is 8.44. The van der Waals surface area contributed by atoms with Gasteiger partial charge >= 0.3 is 0 Å². The summed E-state index contributed by atoms with van der Waals surface area (Å²) < 4.78 is 18.7. The smallest absolute Gasteiger partial charge is 0.245 e. The minimum Gasteiger partial charge on any atom is -0.375 e. The highest BCUT2D eigenvalue weighted by molar-refractivity contribution is 5.89. The van der Waals surface area contributed by atoms with Crippen molar-refractivity contribution < 1.29 is 13.9 Å². The minimum atomic E-state index is -0.958. The molecule has 98 valence electrons. The highest BCUT2D eigenvalue weighted by Crippen LogP contribution is 2.30. The zero-order chi connectivity index (χ0) is 13.3. The molecule has 1 heterocycles. The SMILES string of the molecule is Cc1cc(F)cc(NC2(C(N)=O)CCOC2C)c1. The van der Waals surface area contributed by atoms with Gasteiger partial charge in [0.1, 0.15) is 11.4 Å². The highest BCUT2D eigenvalue weighted by atomic mass is 19.1. The van der Waals surface area contributed by atoms with Crippen LogP contribution in [0.3, 0.4) is 0 Å². The van der Waals surface area contributed by atoms with Crippen LogP contribution in [0, 0.1) is 12.7 Å². The van der Waals surface area contributed by atoms with E-state index in [-0.39, 0.29) is 11.9 Å². The lowest BCUT2D eigenvalue weighted by atomic mass is 9.90. The predicted octanol–water partition coefficient (Wildman–Crippen LogP) is 1.58. The van der Waals surface area contributed by atoms with E-state index in [1.165, 1.54) is 12.1 Å². The molecule has 0 saturated carbocycles. The summed E-state index contributed by atoms with van der Waals surface area (Å²) in [5.41, 5.74) is 5.84. The van der Waals surface area contributed by atoms with Crippen molar-refractivity contribution in [2.45, 2.75) is 31.9 Å². The van der Waals surface area contributed by atoms with Crippen LogP contribution in [-0.4, -0.2) is 24.2 Å². The number of amides is 1. The third-order valence-electron chi connectivity index (χ3n) is 3.41. The molecule has 2 unspecified atom stereocenters. The van der Waals surface area contributed by atoms with Crippen LogP contribution in [0.5, 0.6) is 0 Å². The molecule has 1 aliphatic heterocycles. The van der Waals surface area contributed by atoms with Crippen LogP contribution in [0.15, 0.2) is 18.2 Å². The van der Waals surface area contributed by atoms with Crippen LogP contribution in [-0.2, 0) is 9.53 Å². The molecule has 18 heavy (non-hydrogen) atoms. The quantitative estimate of drug-likeness (QED) is 0.858. The van der Waals surface area contributed by atoms with Gasteiger partial charge in [0, 0.05) is 18.7 Å². The van der Waals surface area contributed by atoms with Crippen molar-refractivity contribution in [1.29, 1.82) is 0 Å². The van der Waals surface area contributed by atoms with Crippen molar-refractivity contribution in [2.24, 2.45) is 5.73 Å². The summed E-state index contributed by atoms with van der Waals surface area (Å²) in [5, 5.41) is 3.05. The zero-order valence-electron chi connectivity index (χ0n) is 10.5. The number of ether oxygens (including phenoxy) is 1. The van der Waals surface area contributed by atoms with Gasteiger partial charge in [0.25, 0.3) is 0 Å². The summed E-state index contributed by atoms with van der Waals surface area (Å²) in [7, 11) is 0. The fraction of sp³-hybridized carbons (Fsp3) is 0.462. The van der Waals surface area contributed by atoms with E-state index in [4.69, 9.17) is 10.5 Å². The molecule has 3 N–H and O–H groups in total. The van der Waals surface area contributed by atoms with Gasteiger partial charge in [-0.2, -0.15) is 0 Å². The van der Waals surface area contributed by atoms with Gasteiger partial charge in [-0.1, -0.05) is 0 Å². The predicted molar refractivity (Wildman–Crippen MR) is 66.7 cm³/mol. The van der Waals surface area contributed by atoms with Crippen molar-refractivity contribution in [3.8, 4) is 0 Å². The number of halogens is 1. The van der Waals surface area contributed by atoms with Crippen molar-refractivity contribution in [3.63, 3.8) is 0 Å². The fourth-order valence-electron chi connectivity index (χ4n) is 2.36. The number of primary amides is 1. The first kappa shape index (κ1) is 12.8. The molecule has 1 fully saturated rings. The van der Waals surface area contributed by atoms with E-state index in [2.05, 4.69) is 5.32 Å². The Labute approximate surface area is 105 Å². The molecule has 0 aromatic heterocycles. The van der Waals surface area contributed by atoms with Crippen molar-refractivity contribution in [2.75, 3.05) is 11.9 Å². The average molecular weight is 252 g/mol. The molecule has 0 bridgehead atoms. The van der Waals surface area contributed by atoms with Gasteiger partial charge < -0.3 is 15.8 Å². The van der Waals surface area contributed by atoms with Gasteiger partial charge in [-0.05, 0) is 37.6 Å². The molecule has 4 nitrogen and oxygen atoms in total. The van der Waals surface area contributed by atoms with Gasteiger partial charge in [0.15, 0.2) is 0 Å². The molecule has 1 aromatic rings. The van der Waals surface area contributed by atoms with Crippen LogP contribution in [0.25, 0.3) is 0 Å². The normalized spacial score (nSPS) is 27.2. The Hall–Kier alpha value is -1.62. The molecular weight excluding hydrogens is 235 g/mol. The Morgan fingerprint density at radius 1 is 1.56 bits per heavy atom. The largest absolute Gasteiger partial charge is 0.375 e. The van der Waals surface area contributed by atoms with Gasteiger partial charge in [-0.15, -0.1) is 0 Å². The number of carbonyl (C=O) groups excluding carboxylic acids is 1. The molecule has 1 saturated heterocycles. The molecule has 1 aromatic carbocycles. The van der Waals surface area contributed by atoms with Crippen LogP contribution in [0.4, 0.5) is 10.1 Å². The summed E-state index contributed by atoms with van der Waals surface area (Å²) in [6, 6.07) is 4.55. The lowest BCUT2D eigenvalue weighted by molar-refractivity contribution is -0.123. The lowest BCUT2D eigenvalue weighted by Gasteiger charge is -2.31. The second-order valence-electron chi connectivity index (χ2n) is 4.74. The van der Waals surface area contributed by atoms with Crippen molar-refractivity contribution in [1.82, 2.24) is 0 Å². The first-order valence-corrected chi connectivity index (χ1v) is 5.91. The summed E-state index contributed by atoms with van der Waals surface area (Å²) in [6.07, 6.45) is 0.151. The second-order valence-corrected chi connectivity index (χ2v) is 4.74. The number of benzene rings is 1. The molecule has 1 aliphatic rings. The third kappa shape index (κ3) is 2.18. The van der Waals surface area contributed by atoms with E-state index < -0.39 is 11.4 Å². The summed E-state index contributed by atoms with van der Waals surface area (Å²) in [5.74, 6) is -0.821. The minimum absolute atomic E-state index is 0.335. The first-order valence-electron chi connectivity index (χ1n) is 5.91. The van der Waals surface area contributed by atoms with E-state index >= 15 is 0 Å². The number of carbonyl (C=O) groups is 1. The van der Waals surface area contributed by atoms with Crippen molar-refractivity contribution in [3.05, 3.63) is 29.6 Å². The number of anilines is 1. The van der Waals surface area contributed by atoms with Crippen LogP contribution in [0.1, 0.15) is 18.9 Å². The average Bonchev–Trinajstić information content (AvgIpc) is 2.59. The number of nitrogens with two attached hydrogens (primary N) is 1. The van der Waals surface area contributed by atoms with Crippen LogP contribution < -0.4 is 11.1 Å². The Bertz CT molecular complexity index is 458. The molecular formula is C13H17FN2O2. The van der Waals surface area contributed by atoms with E-state index in [9.17, 15) is 9.18 Å². The Kier molecular flexibility index (Phi) is 3.26. The Balaban J connectivity index is 2.32. The topological polar surface area (TPSA) is 64.3 Å². The maximum Gasteiger partial charge on any atom is 0.245 e. The van der Waals surface area contributed by atoms with E-state index in [1.54, 1.807) is 19.9 Å². The number of hydrogen-bond acceptors (Lipinski definition) is 3. The molecule has 1 amide bonds. The molecule has 0 aliphatic carbocycles. The van der Waals surface area contributed by atoms with Gasteiger partial charge in [-0.3, -0.25) is 4.79 Å². The van der Waals surface area contributed by atoms with E-state index in [1.807, 2.05) is 0 Å². The third-order valence-corrected chi connectivity index (χ3v) is 3.41. The van der Waals surface area contributed by atoms with Gasteiger partial charge in [0.2, 0.25) is 5.91 Å². The molecule has 2 atom stereocenters. The van der Waals surface area contributed by atoms with Gasteiger partial charge in [0.05, 0.1) is 6.10 Å². The maximum atomic E-state index is 13.3. The number of rotatable bonds is 3. The lowest BCUT2D eigenvalue weighted by Crippen LogP contribution is -2.55. The monoisotopic (exact) mass is 252 g/mol. The van der Waals surface area contributed by atoms with E-state index in [0.717, 1.165) is 5.56 Å². The summed E-state index contributed by atoms with van der Waals surface area (Å²) in [6.45, 7) is 4.04. The number of hydrogen-bond donors (Lipinski definition) is 2. The Morgan fingerprint density at radius 3 is 2.78 bits per heavy atom. The van der Waals surface area contributed by atoms with Crippen LogP contribution in [0.2, 0.25) is 0 Å².